The highest BCUT2D eigenvalue weighted by Crippen LogP contribution is 2.35. The molecule has 0 saturated carbocycles. The molecule has 0 aliphatic heterocycles. The number of primary sulfonamides is 1. The molecule has 0 aliphatic rings. The average molecular weight is 342 g/mol. The van der Waals surface area contributed by atoms with Crippen molar-refractivity contribution in [3.63, 3.8) is 0 Å². The van der Waals surface area contributed by atoms with Gasteiger partial charge in [-0.3, -0.25) is 0 Å². The topological polar surface area (TPSA) is 86.2 Å². The molecule has 0 spiro atoms. The second-order valence-corrected chi connectivity index (χ2v) is 7.18. The molecule has 0 amide bonds. The molecule has 124 valence electrons. The van der Waals surface area contributed by atoms with Crippen molar-refractivity contribution in [1.82, 2.24) is 5.16 Å². The number of sulfonamides is 1. The third-order valence-corrected chi connectivity index (χ3v) is 4.81. The van der Waals surface area contributed by atoms with Crippen LogP contribution in [0.15, 0.2) is 57.9 Å². The third-order valence-electron chi connectivity index (χ3n) is 3.88. The van der Waals surface area contributed by atoms with Gasteiger partial charge in [-0.1, -0.05) is 41.9 Å². The molecule has 0 unspecified atom stereocenters. The summed E-state index contributed by atoms with van der Waals surface area (Å²) in [7, 11) is -3.71. The minimum absolute atomic E-state index is 0.0679. The SMILES string of the molecule is CCc1noc(-c2ccc(S(N)(=O)=O)cc2)c1-c1ccc(C)cc1. The quantitative estimate of drug-likeness (QED) is 0.786. The molecule has 3 rings (SSSR count). The number of aromatic nitrogens is 1. The van der Waals surface area contributed by atoms with Crippen molar-refractivity contribution in [3.8, 4) is 22.5 Å². The van der Waals surface area contributed by atoms with E-state index in [1.165, 1.54) is 17.7 Å². The van der Waals surface area contributed by atoms with Crippen molar-refractivity contribution >= 4 is 10.0 Å². The normalized spacial score (nSPS) is 11.6. The van der Waals surface area contributed by atoms with Gasteiger partial charge in [-0.25, -0.2) is 13.6 Å². The van der Waals surface area contributed by atoms with Gasteiger partial charge in [-0.05, 0) is 43.2 Å². The van der Waals surface area contributed by atoms with E-state index in [0.717, 1.165) is 28.8 Å². The second-order valence-electron chi connectivity index (χ2n) is 5.62. The summed E-state index contributed by atoms with van der Waals surface area (Å²) >= 11 is 0. The molecule has 24 heavy (non-hydrogen) atoms. The second kappa shape index (κ2) is 6.22. The van der Waals surface area contributed by atoms with Crippen LogP contribution in [-0.2, 0) is 16.4 Å². The van der Waals surface area contributed by atoms with Crippen molar-refractivity contribution < 1.29 is 12.9 Å². The zero-order valence-corrected chi connectivity index (χ0v) is 14.3. The number of hydrogen-bond acceptors (Lipinski definition) is 4. The minimum Gasteiger partial charge on any atom is -0.355 e. The summed E-state index contributed by atoms with van der Waals surface area (Å²) in [6.07, 6.45) is 0.738. The Bertz CT molecular complexity index is 957. The van der Waals surface area contributed by atoms with Gasteiger partial charge in [0.05, 0.1) is 16.2 Å². The van der Waals surface area contributed by atoms with Crippen LogP contribution in [0.1, 0.15) is 18.2 Å². The summed E-state index contributed by atoms with van der Waals surface area (Å²) in [6, 6.07) is 14.4. The van der Waals surface area contributed by atoms with Crippen LogP contribution in [0.4, 0.5) is 0 Å². The van der Waals surface area contributed by atoms with Crippen LogP contribution in [0, 0.1) is 6.92 Å². The third kappa shape index (κ3) is 3.11. The molecule has 3 aromatic rings. The molecule has 0 fully saturated rings. The Labute approximate surface area is 141 Å². The van der Waals surface area contributed by atoms with Gasteiger partial charge in [0, 0.05) is 5.56 Å². The van der Waals surface area contributed by atoms with Gasteiger partial charge in [-0.15, -0.1) is 0 Å². The number of hydrogen-bond donors (Lipinski definition) is 1. The molecule has 0 radical (unpaired) electrons. The predicted octanol–water partition coefficient (Wildman–Crippen LogP) is 3.53. The van der Waals surface area contributed by atoms with Crippen molar-refractivity contribution in [1.29, 1.82) is 0 Å². The summed E-state index contributed by atoms with van der Waals surface area (Å²) in [5.41, 5.74) is 4.74. The molecular weight excluding hydrogens is 324 g/mol. The highest BCUT2D eigenvalue weighted by Gasteiger charge is 2.19. The van der Waals surface area contributed by atoms with E-state index in [1.54, 1.807) is 12.1 Å². The van der Waals surface area contributed by atoms with E-state index in [0.29, 0.717) is 5.76 Å². The zero-order chi connectivity index (χ0) is 17.3. The minimum atomic E-state index is -3.71. The average Bonchev–Trinajstić information content (AvgIpc) is 2.99. The molecule has 0 atom stereocenters. The lowest BCUT2D eigenvalue weighted by molar-refractivity contribution is 0.424. The maximum atomic E-state index is 11.4. The Morgan fingerprint density at radius 1 is 1.00 bits per heavy atom. The lowest BCUT2D eigenvalue weighted by Gasteiger charge is -2.05. The standard InChI is InChI=1S/C18H18N2O3S/c1-3-16-17(13-6-4-12(2)5-7-13)18(23-20-16)14-8-10-15(11-9-14)24(19,21)22/h4-11H,3H2,1-2H3,(H2,19,21,22). The van der Waals surface area contributed by atoms with E-state index in [1.807, 2.05) is 38.1 Å². The van der Waals surface area contributed by atoms with Gasteiger partial charge in [0.25, 0.3) is 0 Å². The van der Waals surface area contributed by atoms with Gasteiger partial charge >= 0.3 is 0 Å². The molecule has 1 aromatic heterocycles. The Morgan fingerprint density at radius 2 is 1.58 bits per heavy atom. The van der Waals surface area contributed by atoms with Gasteiger partial charge in [0.2, 0.25) is 10.0 Å². The van der Waals surface area contributed by atoms with E-state index in [-0.39, 0.29) is 4.90 Å². The first-order chi connectivity index (χ1) is 11.4. The largest absolute Gasteiger partial charge is 0.355 e. The maximum Gasteiger partial charge on any atom is 0.238 e. The Kier molecular flexibility index (Phi) is 4.26. The van der Waals surface area contributed by atoms with Crippen LogP contribution < -0.4 is 5.14 Å². The maximum absolute atomic E-state index is 11.4. The van der Waals surface area contributed by atoms with Gasteiger partial charge in [-0.2, -0.15) is 0 Å². The number of rotatable bonds is 4. The molecule has 2 aromatic carbocycles. The fourth-order valence-corrected chi connectivity index (χ4v) is 3.09. The lowest BCUT2D eigenvalue weighted by Crippen LogP contribution is -2.11. The van der Waals surface area contributed by atoms with Crippen LogP contribution in [0.3, 0.4) is 0 Å². The number of nitrogens with zero attached hydrogens (tertiary/aromatic N) is 1. The first-order valence-corrected chi connectivity index (χ1v) is 9.13. The zero-order valence-electron chi connectivity index (χ0n) is 13.5. The van der Waals surface area contributed by atoms with Crippen LogP contribution >= 0.6 is 0 Å². The van der Waals surface area contributed by atoms with Crippen LogP contribution in [-0.4, -0.2) is 13.6 Å². The fraction of sp³-hybridized carbons (Fsp3) is 0.167. The van der Waals surface area contributed by atoms with E-state index >= 15 is 0 Å². The molecule has 5 nitrogen and oxygen atoms in total. The van der Waals surface area contributed by atoms with Crippen LogP contribution in [0.25, 0.3) is 22.5 Å². The van der Waals surface area contributed by atoms with E-state index in [2.05, 4.69) is 5.16 Å². The smallest absolute Gasteiger partial charge is 0.238 e. The van der Waals surface area contributed by atoms with Crippen molar-refractivity contribution in [2.75, 3.05) is 0 Å². The van der Waals surface area contributed by atoms with Crippen LogP contribution in [0.5, 0.6) is 0 Å². The fourth-order valence-electron chi connectivity index (χ4n) is 2.58. The Balaban J connectivity index is 2.12. The summed E-state index contributed by atoms with van der Waals surface area (Å²) < 4.78 is 28.3. The summed E-state index contributed by atoms with van der Waals surface area (Å²) in [5, 5.41) is 9.31. The van der Waals surface area contributed by atoms with Crippen molar-refractivity contribution in [3.05, 3.63) is 59.8 Å². The summed E-state index contributed by atoms with van der Waals surface area (Å²) in [4.78, 5) is 0.0679. The molecule has 2 N–H and O–H groups in total. The van der Waals surface area contributed by atoms with E-state index in [9.17, 15) is 8.42 Å². The molecule has 6 heteroatoms. The number of benzene rings is 2. The highest BCUT2D eigenvalue weighted by atomic mass is 32.2. The first-order valence-electron chi connectivity index (χ1n) is 7.59. The first kappa shape index (κ1) is 16.4. The monoisotopic (exact) mass is 342 g/mol. The van der Waals surface area contributed by atoms with Gasteiger partial charge in [0.15, 0.2) is 5.76 Å². The summed E-state index contributed by atoms with van der Waals surface area (Å²) in [6.45, 7) is 4.05. The molecule has 0 bridgehead atoms. The highest BCUT2D eigenvalue weighted by molar-refractivity contribution is 7.89. The van der Waals surface area contributed by atoms with E-state index < -0.39 is 10.0 Å². The number of aryl methyl sites for hydroxylation is 2. The van der Waals surface area contributed by atoms with Gasteiger partial charge < -0.3 is 4.52 Å². The number of nitrogens with two attached hydrogens (primary N) is 1. The van der Waals surface area contributed by atoms with Gasteiger partial charge in [0.1, 0.15) is 0 Å². The van der Waals surface area contributed by atoms with E-state index in [4.69, 9.17) is 9.66 Å². The van der Waals surface area contributed by atoms with Crippen molar-refractivity contribution in [2.24, 2.45) is 5.14 Å². The Morgan fingerprint density at radius 3 is 2.12 bits per heavy atom. The molecular formula is C18H18N2O3S. The Hall–Kier alpha value is -2.44. The van der Waals surface area contributed by atoms with Crippen LogP contribution in [0.2, 0.25) is 0 Å². The predicted molar refractivity (Wildman–Crippen MR) is 92.9 cm³/mol. The lowest BCUT2D eigenvalue weighted by atomic mass is 9.98. The molecule has 1 heterocycles. The van der Waals surface area contributed by atoms with Crippen molar-refractivity contribution in [2.45, 2.75) is 25.2 Å². The molecule has 0 aliphatic carbocycles. The molecule has 0 saturated heterocycles. The summed E-state index contributed by atoms with van der Waals surface area (Å²) in [5.74, 6) is 0.622.